The minimum atomic E-state index is -0.263. The second-order valence-corrected chi connectivity index (χ2v) is 9.55. The molecule has 0 unspecified atom stereocenters. The number of morpholine rings is 1. The van der Waals surface area contributed by atoms with Crippen molar-refractivity contribution in [3.63, 3.8) is 0 Å². The Morgan fingerprint density at radius 2 is 1.85 bits per heavy atom. The van der Waals surface area contributed by atoms with Crippen LogP contribution in [-0.2, 0) is 11.3 Å². The number of amides is 3. The summed E-state index contributed by atoms with van der Waals surface area (Å²) < 4.78 is 19.5. The number of carbonyl (C=O) groups is 2. The molecule has 2 heterocycles. The molecule has 0 spiro atoms. The Morgan fingerprint density at radius 1 is 1.09 bits per heavy atom. The Balaban J connectivity index is 1.45. The van der Waals surface area contributed by atoms with Crippen LogP contribution >= 0.6 is 11.3 Å². The molecule has 8 heteroatoms. The molecule has 1 fully saturated rings. The summed E-state index contributed by atoms with van der Waals surface area (Å²) in [5.74, 6) is -0.333. The first kappa shape index (κ1) is 23.9. The van der Waals surface area contributed by atoms with Gasteiger partial charge in [0.15, 0.2) is 0 Å². The van der Waals surface area contributed by atoms with Gasteiger partial charge in [-0.25, -0.2) is 9.18 Å². The lowest BCUT2D eigenvalue weighted by Crippen LogP contribution is -2.41. The number of hydrogen-bond donors (Lipinski definition) is 1. The van der Waals surface area contributed by atoms with Crippen LogP contribution in [0, 0.1) is 5.82 Å². The fourth-order valence-electron chi connectivity index (χ4n) is 3.80. The van der Waals surface area contributed by atoms with Gasteiger partial charge in [-0.15, -0.1) is 11.3 Å². The minimum Gasteiger partial charge on any atom is -0.378 e. The largest absolute Gasteiger partial charge is 0.378 e. The fraction of sp³-hybridized carbons (Fsp3) is 0.308. The first-order chi connectivity index (χ1) is 16.4. The summed E-state index contributed by atoms with van der Waals surface area (Å²) in [6, 6.07) is 17.2. The average Bonchev–Trinajstić information content (AvgIpc) is 3.31. The second kappa shape index (κ2) is 10.8. The summed E-state index contributed by atoms with van der Waals surface area (Å²) in [5, 5.41) is 2.93. The molecule has 0 saturated carbocycles. The average molecular weight is 482 g/mol. The highest BCUT2D eigenvalue weighted by molar-refractivity contribution is 7.15. The Labute approximate surface area is 203 Å². The Hall–Kier alpha value is -3.23. The van der Waals surface area contributed by atoms with E-state index in [4.69, 9.17) is 4.74 Å². The van der Waals surface area contributed by atoms with E-state index in [-0.39, 0.29) is 23.8 Å². The molecule has 4 rings (SSSR count). The number of hydrogen-bond acceptors (Lipinski definition) is 4. The van der Waals surface area contributed by atoms with Gasteiger partial charge in [-0.05, 0) is 50.2 Å². The molecule has 1 saturated heterocycles. The fourth-order valence-corrected chi connectivity index (χ4v) is 4.83. The molecule has 34 heavy (non-hydrogen) atoms. The van der Waals surface area contributed by atoms with Gasteiger partial charge in [-0.1, -0.05) is 24.3 Å². The molecule has 2 aromatic carbocycles. The van der Waals surface area contributed by atoms with Crippen molar-refractivity contribution in [2.24, 2.45) is 0 Å². The van der Waals surface area contributed by atoms with E-state index in [2.05, 4.69) is 5.32 Å². The maximum Gasteiger partial charge on any atom is 0.322 e. The zero-order chi connectivity index (χ0) is 24.1. The van der Waals surface area contributed by atoms with E-state index in [9.17, 15) is 14.0 Å². The topological polar surface area (TPSA) is 61.9 Å². The summed E-state index contributed by atoms with van der Waals surface area (Å²) in [5.41, 5.74) is 1.65. The van der Waals surface area contributed by atoms with Crippen LogP contribution in [0.2, 0.25) is 0 Å². The van der Waals surface area contributed by atoms with Crippen LogP contribution in [0.3, 0.4) is 0 Å². The lowest BCUT2D eigenvalue weighted by Gasteiger charge is -2.27. The standard InChI is InChI=1S/C26H28FN3O3S/c1-18(2)30(17-21-10-11-24(34-21)22-8-3-4-9-23(22)27)26(32)28-20-7-5-6-19(16-20)25(31)29-12-14-33-15-13-29/h3-11,16,18H,12-15,17H2,1-2H3,(H,28,32). The van der Waals surface area contributed by atoms with Gasteiger partial charge in [0.25, 0.3) is 5.91 Å². The summed E-state index contributed by atoms with van der Waals surface area (Å²) in [7, 11) is 0. The third-order valence-electron chi connectivity index (χ3n) is 5.67. The molecule has 1 aliphatic rings. The molecule has 1 aliphatic heterocycles. The summed E-state index contributed by atoms with van der Waals surface area (Å²) in [6.07, 6.45) is 0. The molecular formula is C26H28FN3O3S. The van der Waals surface area contributed by atoms with Crippen molar-refractivity contribution >= 4 is 29.0 Å². The minimum absolute atomic E-state index is 0.0582. The number of halogens is 1. The molecule has 0 atom stereocenters. The van der Waals surface area contributed by atoms with E-state index >= 15 is 0 Å². The van der Waals surface area contributed by atoms with E-state index in [1.165, 1.54) is 17.4 Å². The first-order valence-electron chi connectivity index (χ1n) is 11.3. The number of ether oxygens (including phenoxy) is 1. The summed E-state index contributed by atoms with van der Waals surface area (Å²) in [6.45, 7) is 6.49. The van der Waals surface area contributed by atoms with Crippen molar-refractivity contribution in [1.82, 2.24) is 9.80 Å². The van der Waals surface area contributed by atoms with Gasteiger partial charge in [0.1, 0.15) is 5.82 Å². The Morgan fingerprint density at radius 3 is 2.59 bits per heavy atom. The van der Waals surface area contributed by atoms with Crippen molar-refractivity contribution < 1.29 is 18.7 Å². The highest BCUT2D eigenvalue weighted by atomic mass is 32.1. The van der Waals surface area contributed by atoms with Crippen molar-refractivity contribution in [1.29, 1.82) is 0 Å². The third-order valence-corrected chi connectivity index (χ3v) is 6.77. The molecular weight excluding hydrogens is 453 g/mol. The number of anilines is 1. The smallest absolute Gasteiger partial charge is 0.322 e. The Bertz CT molecular complexity index is 1160. The zero-order valence-electron chi connectivity index (χ0n) is 19.3. The number of nitrogens with zero attached hydrogens (tertiary/aromatic N) is 2. The van der Waals surface area contributed by atoms with Crippen LogP contribution in [0.15, 0.2) is 60.7 Å². The van der Waals surface area contributed by atoms with Crippen molar-refractivity contribution in [2.45, 2.75) is 26.4 Å². The van der Waals surface area contributed by atoms with E-state index in [1.807, 2.05) is 32.0 Å². The normalized spacial score (nSPS) is 13.7. The number of urea groups is 1. The molecule has 6 nitrogen and oxygen atoms in total. The van der Waals surface area contributed by atoms with Crippen LogP contribution in [-0.4, -0.2) is 54.1 Å². The first-order valence-corrected chi connectivity index (χ1v) is 12.1. The molecule has 1 aromatic heterocycles. The van der Waals surface area contributed by atoms with Gasteiger partial charge in [0.05, 0.1) is 19.8 Å². The van der Waals surface area contributed by atoms with Crippen molar-refractivity contribution in [3.05, 3.63) is 76.9 Å². The summed E-state index contributed by atoms with van der Waals surface area (Å²) >= 11 is 1.47. The van der Waals surface area contributed by atoms with Gasteiger partial charge < -0.3 is 19.9 Å². The zero-order valence-corrected chi connectivity index (χ0v) is 20.1. The number of carbonyl (C=O) groups excluding carboxylic acids is 2. The molecule has 178 valence electrons. The van der Waals surface area contributed by atoms with Crippen molar-refractivity contribution in [2.75, 3.05) is 31.6 Å². The lowest BCUT2D eigenvalue weighted by atomic mass is 10.1. The van der Waals surface area contributed by atoms with Crippen LogP contribution in [0.1, 0.15) is 29.1 Å². The van der Waals surface area contributed by atoms with E-state index in [0.29, 0.717) is 49.7 Å². The molecule has 0 radical (unpaired) electrons. The van der Waals surface area contributed by atoms with Crippen LogP contribution < -0.4 is 5.32 Å². The molecule has 3 aromatic rings. The summed E-state index contributed by atoms with van der Waals surface area (Å²) in [4.78, 5) is 31.2. The van der Waals surface area contributed by atoms with Gasteiger partial charge >= 0.3 is 6.03 Å². The Kier molecular flexibility index (Phi) is 7.59. The van der Waals surface area contributed by atoms with Crippen LogP contribution in [0.5, 0.6) is 0 Å². The van der Waals surface area contributed by atoms with Gasteiger partial charge in [0.2, 0.25) is 0 Å². The lowest BCUT2D eigenvalue weighted by molar-refractivity contribution is 0.0303. The van der Waals surface area contributed by atoms with Crippen molar-refractivity contribution in [3.8, 4) is 10.4 Å². The number of nitrogens with one attached hydrogen (secondary N) is 1. The third kappa shape index (κ3) is 5.63. The molecule has 3 amide bonds. The number of benzene rings is 2. The quantitative estimate of drug-likeness (QED) is 0.508. The maximum atomic E-state index is 14.2. The van der Waals surface area contributed by atoms with Gasteiger partial charge in [-0.2, -0.15) is 0 Å². The molecule has 0 bridgehead atoms. The second-order valence-electron chi connectivity index (χ2n) is 8.38. The predicted octanol–water partition coefficient (Wildman–Crippen LogP) is 5.47. The van der Waals surface area contributed by atoms with Gasteiger partial charge in [0, 0.05) is 45.7 Å². The van der Waals surface area contributed by atoms with E-state index < -0.39 is 0 Å². The van der Waals surface area contributed by atoms with Crippen LogP contribution in [0.25, 0.3) is 10.4 Å². The maximum absolute atomic E-state index is 14.2. The highest BCUT2D eigenvalue weighted by Gasteiger charge is 2.21. The number of thiophene rings is 1. The van der Waals surface area contributed by atoms with E-state index in [0.717, 1.165) is 9.75 Å². The monoisotopic (exact) mass is 481 g/mol. The predicted molar refractivity (Wildman–Crippen MR) is 133 cm³/mol. The van der Waals surface area contributed by atoms with Gasteiger partial charge in [-0.3, -0.25) is 4.79 Å². The van der Waals surface area contributed by atoms with E-state index in [1.54, 1.807) is 46.2 Å². The molecule has 1 N–H and O–H groups in total. The SMILES string of the molecule is CC(C)N(Cc1ccc(-c2ccccc2F)s1)C(=O)Nc1cccc(C(=O)N2CCOCC2)c1. The molecule has 0 aliphatic carbocycles. The highest BCUT2D eigenvalue weighted by Crippen LogP contribution is 2.31. The number of rotatable bonds is 6. The van der Waals surface area contributed by atoms with Crippen LogP contribution in [0.4, 0.5) is 14.9 Å².